The van der Waals surface area contributed by atoms with E-state index in [4.69, 9.17) is 9.47 Å². The molecule has 0 radical (unpaired) electrons. The number of likely N-dealkylation sites (tertiary alicyclic amines) is 1. The third-order valence-corrected chi connectivity index (χ3v) is 5.95. The number of hydrogen-bond acceptors (Lipinski definition) is 4. The molecule has 1 aliphatic rings. The minimum Gasteiger partial charge on any atom is -0.395 e. The Balaban J connectivity index is 1.46. The third-order valence-electron chi connectivity index (χ3n) is 5.95. The Morgan fingerprint density at radius 1 is 0.742 bits per heavy atom. The highest BCUT2D eigenvalue weighted by Crippen LogP contribution is 2.30. The summed E-state index contributed by atoms with van der Waals surface area (Å²) in [7, 11) is 0. The molecule has 4 nitrogen and oxygen atoms in total. The zero-order valence-corrected chi connectivity index (χ0v) is 17.8. The molecule has 4 rings (SSSR count). The molecule has 3 atom stereocenters. The molecule has 1 aliphatic heterocycles. The molecule has 0 spiro atoms. The van der Waals surface area contributed by atoms with Gasteiger partial charge in [0.05, 0.1) is 38.6 Å². The van der Waals surface area contributed by atoms with Crippen LogP contribution in [0.1, 0.15) is 23.1 Å². The Kier molecular flexibility index (Phi) is 7.86. The molecule has 0 amide bonds. The van der Waals surface area contributed by atoms with E-state index in [2.05, 4.69) is 53.4 Å². The Hall–Kier alpha value is -2.50. The van der Waals surface area contributed by atoms with Crippen LogP contribution in [0, 0.1) is 0 Å². The molecule has 0 bridgehead atoms. The lowest BCUT2D eigenvalue weighted by Crippen LogP contribution is -2.43. The van der Waals surface area contributed by atoms with E-state index in [-0.39, 0.29) is 24.8 Å². The van der Waals surface area contributed by atoms with Crippen molar-refractivity contribution < 1.29 is 14.6 Å². The van der Waals surface area contributed by atoms with E-state index in [0.29, 0.717) is 19.8 Å². The van der Waals surface area contributed by atoms with Gasteiger partial charge in [0.1, 0.15) is 0 Å². The van der Waals surface area contributed by atoms with Gasteiger partial charge in [0.2, 0.25) is 0 Å². The average Bonchev–Trinajstić information content (AvgIpc) is 3.16. The van der Waals surface area contributed by atoms with Crippen molar-refractivity contribution in [1.29, 1.82) is 0 Å². The van der Waals surface area contributed by atoms with Crippen LogP contribution in [0.3, 0.4) is 0 Å². The zero-order valence-electron chi connectivity index (χ0n) is 17.8. The summed E-state index contributed by atoms with van der Waals surface area (Å²) in [6.45, 7) is 2.60. The van der Waals surface area contributed by atoms with Crippen molar-refractivity contribution in [2.45, 2.75) is 44.4 Å². The molecular weight excluding hydrogens is 386 g/mol. The van der Waals surface area contributed by atoms with Crippen LogP contribution in [0.15, 0.2) is 91.0 Å². The van der Waals surface area contributed by atoms with Crippen LogP contribution in [-0.4, -0.2) is 41.4 Å². The van der Waals surface area contributed by atoms with Gasteiger partial charge < -0.3 is 14.6 Å². The first-order valence-corrected chi connectivity index (χ1v) is 11.0. The molecule has 0 aliphatic carbocycles. The van der Waals surface area contributed by atoms with Gasteiger partial charge in [0.15, 0.2) is 0 Å². The summed E-state index contributed by atoms with van der Waals surface area (Å²) in [5, 5.41) is 10.1. The van der Waals surface area contributed by atoms with Crippen LogP contribution >= 0.6 is 0 Å². The van der Waals surface area contributed by atoms with Crippen LogP contribution in [0.2, 0.25) is 0 Å². The number of rotatable bonds is 10. The highest BCUT2D eigenvalue weighted by Gasteiger charge is 2.41. The smallest absolute Gasteiger partial charge is 0.0773 e. The standard InChI is InChI=1S/C27H31NO3/c29-18-25-16-27(31-20-24-14-8-3-9-15-24)26(21-30-19-23-12-6-2-7-13-23)28(25)17-22-10-4-1-5-11-22/h1-15,25-27,29H,16-21H2/t25-,26+,27-/m0/s1. The van der Waals surface area contributed by atoms with E-state index in [1.807, 2.05) is 42.5 Å². The first-order valence-electron chi connectivity index (χ1n) is 11.0. The quantitative estimate of drug-likeness (QED) is 0.530. The van der Waals surface area contributed by atoms with Crippen molar-refractivity contribution in [1.82, 2.24) is 4.90 Å². The fourth-order valence-electron chi connectivity index (χ4n) is 4.30. The molecule has 0 aromatic heterocycles. The molecule has 3 aromatic carbocycles. The van der Waals surface area contributed by atoms with E-state index in [9.17, 15) is 5.11 Å². The van der Waals surface area contributed by atoms with E-state index in [1.54, 1.807) is 0 Å². The first-order chi connectivity index (χ1) is 15.3. The van der Waals surface area contributed by atoms with Crippen molar-refractivity contribution in [3.63, 3.8) is 0 Å². The predicted molar refractivity (Wildman–Crippen MR) is 122 cm³/mol. The lowest BCUT2D eigenvalue weighted by atomic mass is 10.1. The second-order valence-corrected chi connectivity index (χ2v) is 8.13. The summed E-state index contributed by atoms with van der Waals surface area (Å²) < 4.78 is 12.5. The summed E-state index contributed by atoms with van der Waals surface area (Å²) in [6, 6.07) is 31.1. The highest BCUT2D eigenvalue weighted by molar-refractivity contribution is 5.17. The van der Waals surface area contributed by atoms with Gasteiger partial charge in [-0.25, -0.2) is 0 Å². The number of hydrogen-bond donors (Lipinski definition) is 1. The number of aliphatic hydroxyl groups is 1. The molecule has 1 fully saturated rings. The van der Waals surface area contributed by atoms with Crippen molar-refractivity contribution in [3.8, 4) is 0 Å². The SMILES string of the molecule is OC[C@@H]1C[C@H](OCc2ccccc2)[C@@H](COCc2ccccc2)N1Cc1ccccc1. The van der Waals surface area contributed by atoms with E-state index < -0.39 is 0 Å². The van der Waals surface area contributed by atoms with Gasteiger partial charge in [0, 0.05) is 12.6 Å². The number of nitrogens with zero attached hydrogens (tertiary/aromatic N) is 1. The normalized spacial score (nSPS) is 21.4. The summed E-state index contributed by atoms with van der Waals surface area (Å²) >= 11 is 0. The fraction of sp³-hybridized carbons (Fsp3) is 0.333. The van der Waals surface area contributed by atoms with Gasteiger partial charge in [-0.15, -0.1) is 0 Å². The van der Waals surface area contributed by atoms with Crippen molar-refractivity contribution in [2.75, 3.05) is 13.2 Å². The van der Waals surface area contributed by atoms with Gasteiger partial charge >= 0.3 is 0 Å². The van der Waals surface area contributed by atoms with Crippen LogP contribution < -0.4 is 0 Å². The Morgan fingerprint density at radius 3 is 1.87 bits per heavy atom. The molecule has 1 heterocycles. The minimum atomic E-state index is 0.0110. The van der Waals surface area contributed by atoms with Gasteiger partial charge in [-0.3, -0.25) is 4.90 Å². The van der Waals surface area contributed by atoms with Crippen molar-refractivity contribution in [2.24, 2.45) is 0 Å². The van der Waals surface area contributed by atoms with Gasteiger partial charge in [-0.1, -0.05) is 91.0 Å². The average molecular weight is 418 g/mol. The number of aliphatic hydroxyl groups excluding tert-OH is 1. The molecule has 3 aromatic rings. The van der Waals surface area contributed by atoms with Crippen molar-refractivity contribution >= 4 is 0 Å². The van der Waals surface area contributed by atoms with Crippen LogP contribution in [0.25, 0.3) is 0 Å². The summed E-state index contributed by atoms with van der Waals surface area (Å²) in [5.74, 6) is 0. The number of ether oxygens (including phenoxy) is 2. The van der Waals surface area contributed by atoms with Crippen molar-refractivity contribution in [3.05, 3.63) is 108 Å². The second-order valence-electron chi connectivity index (χ2n) is 8.13. The van der Waals surface area contributed by atoms with Gasteiger partial charge in [0.25, 0.3) is 0 Å². The number of benzene rings is 3. The zero-order chi connectivity index (χ0) is 21.3. The topological polar surface area (TPSA) is 41.9 Å². The fourth-order valence-corrected chi connectivity index (χ4v) is 4.30. The summed E-state index contributed by atoms with van der Waals surface area (Å²) in [6.07, 6.45) is 0.812. The molecule has 31 heavy (non-hydrogen) atoms. The first kappa shape index (κ1) is 21.7. The molecule has 1 N–H and O–H groups in total. The van der Waals surface area contributed by atoms with Crippen LogP contribution in [0.5, 0.6) is 0 Å². The van der Waals surface area contributed by atoms with E-state index in [1.165, 1.54) is 5.56 Å². The lowest BCUT2D eigenvalue weighted by molar-refractivity contribution is -0.0267. The predicted octanol–water partition coefficient (Wildman–Crippen LogP) is 4.42. The summed E-state index contributed by atoms with van der Waals surface area (Å²) in [4.78, 5) is 2.36. The molecule has 4 heteroatoms. The summed E-state index contributed by atoms with van der Waals surface area (Å²) in [5.41, 5.74) is 3.56. The molecular formula is C27H31NO3. The molecule has 0 saturated carbocycles. The third kappa shape index (κ3) is 6.02. The molecule has 0 unspecified atom stereocenters. The largest absolute Gasteiger partial charge is 0.395 e. The van der Waals surface area contributed by atoms with E-state index >= 15 is 0 Å². The van der Waals surface area contributed by atoms with E-state index in [0.717, 1.165) is 24.1 Å². The van der Waals surface area contributed by atoms with Gasteiger partial charge in [-0.2, -0.15) is 0 Å². The maximum atomic E-state index is 10.1. The molecule has 162 valence electrons. The monoisotopic (exact) mass is 417 g/mol. The molecule has 1 saturated heterocycles. The maximum absolute atomic E-state index is 10.1. The Morgan fingerprint density at radius 2 is 1.29 bits per heavy atom. The van der Waals surface area contributed by atoms with Crippen LogP contribution in [-0.2, 0) is 29.2 Å². The Bertz CT molecular complexity index is 888. The second kappa shape index (κ2) is 11.2. The minimum absolute atomic E-state index is 0.0110. The maximum Gasteiger partial charge on any atom is 0.0773 e. The lowest BCUT2D eigenvalue weighted by Gasteiger charge is -2.31. The highest BCUT2D eigenvalue weighted by atomic mass is 16.5. The van der Waals surface area contributed by atoms with Crippen LogP contribution in [0.4, 0.5) is 0 Å². The van der Waals surface area contributed by atoms with Gasteiger partial charge in [-0.05, 0) is 23.1 Å². The Labute approximate surface area is 185 Å².